The van der Waals surface area contributed by atoms with Crippen molar-refractivity contribution in [2.24, 2.45) is 0 Å². The number of furan rings is 1. The van der Waals surface area contributed by atoms with Gasteiger partial charge in [-0.05, 0) is 60.4 Å². The van der Waals surface area contributed by atoms with Crippen molar-refractivity contribution in [3.8, 4) is 0 Å². The highest BCUT2D eigenvalue weighted by molar-refractivity contribution is 9.10. The van der Waals surface area contributed by atoms with Gasteiger partial charge in [0.2, 0.25) is 5.91 Å². The van der Waals surface area contributed by atoms with E-state index in [1.807, 2.05) is 23.1 Å². The van der Waals surface area contributed by atoms with Gasteiger partial charge in [0, 0.05) is 11.1 Å². The van der Waals surface area contributed by atoms with Crippen LogP contribution >= 0.6 is 15.9 Å². The molecule has 1 fully saturated rings. The number of hydrogen-bond donors (Lipinski definition) is 1. The SMILES string of the molecule is CCOC(=O)CN1CCC[C@@H]1C(=O)Nc1cc(Br)c2occc2c1. The number of esters is 1. The van der Waals surface area contributed by atoms with Crippen molar-refractivity contribution in [3.05, 3.63) is 28.9 Å². The number of carbonyl (C=O) groups excluding carboxylic acids is 2. The third-order valence-electron chi connectivity index (χ3n) is 4.08. The topological polar surface area (TPSA) is 71.8 Å². The van der Waals surface area contributed by atoms with Gasteiger partial charge in [-0.2, -0.15) is 0 Å². The van der Waals surface area contributed by atoms with E-state index >= 15 is 0 Å². The second kappa shape index (κ2) is 7.36. The van der Waals surface area contributed by atoms with Crippen molar-refractivity contribution in [1.29, 1.82) is 0 Å². The molecule has 1 saturated heterocycles. The number of nitrogens with one attached hydrogen (secondary N) is 1. The van der Waals surface area contributed by atoms with Crippen LogP contribution in [0.3, 0.4) is 0 Å². The second-order valence-electron chi connectivity index (χ2n) is 5.72. The van der Waals surface area contributed by atoms with Crippen LogP contribution in [-0.2, 0) is 14.3 Å². The summed E-state index contributed by atoms with van der Waals surface area (Å²) < 4.78 is 11.1. The van der Waals surface area contributed by atoms with Gasteiger partial charge in [-0.3, -0.25) is 14.5 Å². The van der Waals surface area contributed by atoms with Gasteiger partial charge in [0.15, 0.2) is 0 Å². The number of amides is 1. The van der Waals surface area contributed by atoms with Crippen LogP contribution in [-0.4, -0.2) is 42.5 Å². The number of fused-ring (bicyclic) bond motifs is 1. The minimum atomic E-state index is -0.312. The average molecular weight is 395 g/mol. The molecule has 1 aliphatic heterocycles. The highest BCUT2D eigenvalue weighted by Gasteiger charge is 2.32. The Labute approximate surface area is 148 Å². The maximum atomic E-state index is 12.6. The summed E-state index contributed by atoms with van der Waals surface area (Å²) >= 11 is 3.45. The molecule has 1 aromatic heterocycles. The minimum absolute atomic E-state index is 0.105. The fourth-order valence-corrected chi connectivity index (χ4v) is 3.59. The Bertz CT molecular complexity index is 758. The van der Waals surface area contributed by atoms with Crippen molar-refractivity contribution in [2.75, 3.05) is 25.0 Å². The number of likely N-dealkylation sites (tertiary alicyclic amines) is 1. The zero-order valence-electron chi connectivity index (χ0n) is 13.4. The molecule has 7 heteroatoms. The number of anilines is 1. The fourth-order valence-electron chi connectivity index (χ4n) is 3.02. The van der Waals surface area contributed by atoms with Crippen LogP contribution in [0.15, 0.2) is 33.4 Å². The van der Waals surface area contributed by atoms with Crippen LogP contribution in [0.4, 0.5) is 5.69 Å². The van der Waals surface area contributed by atoms with E-state index in [9.17, 15) is 9.59 Å². The van der Waals surface area contributed by atoms with E-state index in [2.05, 4.69) is 21.2 Å². The molecule has 3 rings (SSSR count). The molecular formula is C17H19BrN2O4. The summed E-state index contributed by atoms with van der Waals surface area (Å²) in [5.74, 6) is -0.397. The molecule has 0 spiro atoms. The third-order valence-corrected chi connectivity index (χ3v) is 4.67. The quantitative estimate of drug-likeness (QED) is 0.788. The molecule has 1 N–H and O–H groups in total. The van der Waals surface area contributed by atoms with E-state index in [0.29, 0.717) is 12.3 Å². The van der Waals surface area contributed by atoms with Crippen molar-refractivity contribution >= 4 is 44.5 Å². The number of carbonyl (C=O) groups is 2. The van der Waals surface area contributed by atoms with Gasteiger partial charge in [0.1, 0.15) is 5.58 Å². The zero-order valence-corrected chi connectivity index (χ0v) is 15.0. The molecule has 1 atom stereocenters. The highest BCUT2D eigenvalue weighted by Crippen LogP contribution is 2.29. The van der Waals surface area contributed by atoms with Crippen LogP contribution in [0.5, 0.6) is 0 Å². The smallest absolute Gasteiger partial charge is 0.320 e. The number of benzene rings is 1. The second-order valence-corrected chi connectivity index (χ2v) is 6.57. The fraction of sp³-hybridized carbons (Fsp3) is 0.412. The lowest BCUT2D eigenvalue weighted by Gasteiger charge is -2.22. The van der Waals surface area contributed by atoms with E-state index < -0.39 is 0 Å². The summed E-state index contributed by atoms with van der Waals surface area (Å²) in [5, 5.41) is 3.85. The van der Waals surface area contributed by atoms with E-state index in [-0.39, 0.29) is 24.5 Å². The van der Waals surface area contributed by atoms with Gasteiger partial charge in [-0.1, -0.05) is 0 Å². The molecule has 0 radical (unpaired) electrons. The molecule has 2 aromatic rings. The monoisotopic (exact) mass is 394 g/mol. The van der Waals surface area contributed by atoms with Crippen LogP contribution < -0.4 is 5.32 Å². The predicted molar refractivity (Wildman–Crippen MR) is 93.8 cm³/mol. The molecule has 1 amide bonds. The van der Waals surface area contributed by atoms with Crippen LogP contribution in [0.1, 0.15) is 19.8 Å². The molecule has 0 unspecified atom stereocenters. The van der Waals surface area contributed by atoms with E-state index in [4.69, 9.17) is 9.15 Å². The first-order valence-corrected chi connectivity index (χ1v) is 8.75. The lowest BCUT2D eigenvalue weighted by Crippen LogP contribution is -2.42. The molecule has 1 aliphatic rings. The summed E-state index contributed by atoms with van der Waals surface area (Å²) in [6, 6.07) is 5.21. The van der Waals surface area contributed by atoms with Gasteiger partial charge < -0.3 is 14.5 Å². The lowest BCUT2D eigenvalue weighted by atomic mass is 10.2. The number of nitrogens with zero attached hydrogens (tertiary/aromatic N) is 1. The Kier molecular flexibility index (Phi) is 5.20. The summed E-state index contributed by atoms with van der Waals surface area (Å²) in [4.78, 5) is 26.2. The van der Waals surface area contributed by atoms with Crippen LogP contribution in [0.2, 0.25) is 0 Å². The Morgan fingerprint density at radius 3 is 3.08 bits per heavy atom. The molecule has 0 aliphatic carbocycles. The molecule has 1 aromatic carbocycles. The van der Waals surface area contributed by atoms with Crippen molar-refractivity contribution in [1.82, 2.24) is 4.90 Å². The van der Waals surface area contributed by atoms with Gasteiger partial charge >= 0.3 is 5.97 Å². The van der Waals surface area contributed by atoms with E-state index in [0.717, 1.165) is 34.8 Å². The van der Waals surface area contributed by atoms with Gasteiger partial charge in [-0.15, -0.1) is 0 Å². The minimum Gasteiger partial charge on any atom is -0.465 e. The average Bonchev–Trinajstić information content (AvgIpc) is 3.16. The van der Waals surface area contributed by atoms with Crippen LogP contribution in [0, 0.1) is 0 Å². The Morgan fingerprint density at radius 2 is 2.29 bits per heavy atom. The van der Waals surface area contributed by atoms with E-state index in [1.165, 1.54) is 0 Å². The summed E-state index contributed by atoms with van der Waals surface area (Å²) in [6.45, 7) is 3.00. The third kappa shape index (κ3) is 3.62. The first-order valence-electron chi connectivity index (χ1n) is 7.95. The van der Waals surface area contributed by atoms with E-state index in [1.54, 1.807) is 13.2 Å². The molecular weight excluding hydrogens is 376 g/mol. The lowest BCUT2D eigenvalue weighted by molar-refractivity contribution is -0.144. The first-order chi connectivity index (χ1) is 11.6. The highest BCUT2D eigenvalue weighted by atomic mass is 79.9. The first kappa shape index (κ1) is 17.0. The van der Waals surface area contributed by atoms with Crippen molar-refractivity contribution < 1.29 is 18.7 Å². The molecule has 0 saturated carbocycles. The van der Waals surface area contributed by atoms with Gasteiger partial charge in [0.05, 0.1) is 29.9 Å². The van der Waals surface area contributed by atoms with Crippen molar-refractivity contribution in [2.45, 2.75) is 25.8 Å². The molecule has 6 nitrogen and oxygen atoms in total. The molecule has 0 bridgehead atoms. The maximum Gasteiger partial charge on any atom is 0.320 e. The summed E-state index contributed by atoms with van der Waals surface area (Å²) in [5.41, 5.74) is 1.45. The predicted octanol–water partition coefficient (Wildman–Crippen LogP) is 3.16. The van der Waals surface area contributed by atoms with Gasteiger partial charge in [0.25, 0.3) is 0 Å². The van der Waals surface area contributed by atoms with Gasteiger partial charge in [-0.25, -0.2) is 0 Å². The maximum absolute atomic E-state index is 12.6. The number of rotatable bonds is 5. The number of ether oxygens (including phenoxy) is 1. The standard InChI is InChI=1S/C17H19BrN2O4/c1-2-23-15(21)10-20-6-3-4-14(20)17(22)19-12-8-11-5-7-24-16(11)13(18)9-12/h5,7-9,14H,2-4,6,10H2,1H3,(H,19,22)/t14-/m1/s1. The summed E-state index contributed by atoms with van der Waals surface area (Å²) in [6.07, 6.45) is 3.24. The molecule has 2 heterocycles. The van der Waals surface area contributed by atoms with Crippen molar-refractivity contribution in [3.63, 3.8) is 0 Å². The zero-order chi connectivity index (χ0) is 17.1. The number of halogens is 1. The van der Waals surface area contributed by atoms with Crippen LogP contribution in [0.25, 0.3) is 11.0 Å². The Balaban J connectivity index is 1.69. The molecule has 24 heavy (non-hydrogen) atoms. The number of hydrogen-bond acceptors (Lipinski definition) is 5. The Hall–Kier alpha value is -1.86. The largest absolute Gasteiger partial charge is 0.465 e. The summed E-state index contributed by atoms with van der Waals surface area (Å²) in [7, 11) is 0. The Morgan fingerprint density at radius 1 is 1.46 bits per heavy atom. The normalized spacial score (nSPS) is 18.0. The molecule has 128 valence electrons.